The average Bonchev–Trinajstić information content (AvgIpc) is 3.44. The molecule has 0 saturated heterocycles. The van der Waals surface area contributed by atoms with Gasteiger partial charge in [0.25, 0.3) is 0 Å². The van der Waals surface area contributed by atoms with E-state index in [9.17, 15) is 0 Å². The number of hydrogen-bond acceptors (Lipinski definition) is 1. The molecule has 0 aliphatic rings. The number of hydrogen-bond donors (Lipinski definition) is 0. The van der Waals surface area contributed by atoms with E-state index in [-0.39, 0.29) is 0 Å². The number of fused-ring (bicyclic) bond motifs is 3. The van der Waals surface area contributed by atoms with Crippen molar-refractivity contribution in [2.75, 3.05) is 4.90 Å². The van der Waals surface area contributed by atoms with Crippen molar-refractivity contribution in [1.82, 2.24) is 0 Å². The molecule has 0 unspecified atom stereocenters. The Morgan fingerprint density at radius 2 is 0.507 bits per heavy atom. The van der Waals surface area contributed by atoms with Gasteiger partial charge >= 0.3 is 0 Å². The third-order valence-electron chi connectivity index (χ3n) is 13.5. The third kappa shape index (κ3) is 7.97. The summed E-state index contributed by atoms with van der Waals surface area (Å²) in [5, 5.41) is 5.00. The molecule has 0 aliphatic heterocycles. The van der Waals surface area contributed by atoms with Crippen molar-refractivity contribution in [1.29, 1.82) is 0 Å². The number of nitrogens with zero attached hydrogens (tertiary/aromatic N) is 1. The molecule has 0 heterocycles. The third-order valence-corrected chi connectivity index (χ3v) is 13.5. The van der Waals surface area contributed by atoms with E-state index in [1.807, 2.05) is 0 Å². The van der Waals surface area contributed by atoms with Crippen molar-refractivity contribution in [2.24, 2.45) is 0 Å². The summed E-state index contributed by atoms with van der Waals surface area (Å²) < 4.78 is 0. The van der Waals surface area contributed by atoms with Crippen LogP contribution in [0.25, 0.3) is 99.4 Å². The second-order valence-corrected chi connectivity index (χ2v) is 17.6. The van der Waals surface area contributed by atoms with Crippen molar-refractivity contribution >= 4 is 38.6 Å². The van der Waals surface area contributed by atoms with Crippen LogP contribution >= 0.6 is 0 Å². The zero-order chi connectivity index (χ0) is 45.9. The molecule has 0 amide bonds. The monoisotopic (exact) mass is 877 g/mol. The van der Waals surface area contributed by atoms with E-state index in [0.717, 1.165) is 44.9 Å². The molecule has 1 heteroatoms. The molecule has 0 spiro atoms. The maximum absolute atomic E-state index is 2.45. The van der Waals surface area contributed by atoms with E-state index in [2.05, 4.69) is 290 Å². The van der Waals surface area contributed by atoms with Crippen LogP contribution in [0.4, 0.5) is 17.1 Å². The van der Waals surface area contributed by atoms with E-state index in [1.165, 1.54) is 71.6 Å². The molecule has 12 rings (SSSR count). The molecule has 1 nitrogen and oxygen atoms in total. The quantitative estimate of drug-likeness (QED) is 0.124. The number of para-hydroxylation sites is 1. The first-order valence-corrected chi connectivity index (χ1v) is 23.7. The molecule has 0 aromatic heterocycles. The fourth-order valence-corrected chi connectivity index (χ4v) is 10.2. The minimum Gasteiger partial charge on any atom is -0.309 e. The Kier molecular flexibility index (Phi) is 11.0. The highest BCUT2D eigenvalue weighted by Crippen LogP contribution is 2.49. The first-order valence-electron chi connectivity index (χ1n) is 23.7. The Morgan fingerprint density at radius 1 is 0.188 bits per heavy atom. The topological polar surface area (TPSA) is 3.24 Å². The van der Waals surface area contributed by atoms with Gasteiger partial charge in [0, 0.05) is 22.5 Å². The van der Waals surface area contributed by atoms with Gasteiger partial charge in [-0.3, -0.25) is 0 Å². The van der Waals surface area contributed by atoms with Crippen LogP contribution in [0.3, 0.4) is 0 Å². The van der Waals surface area contributed by atoms with Gasteiger partial charge in [0.1, 0.15) is 0 Å². The number of anilines is 3. The Bertz CT molecular complexity index is 3640. The molecule has 0 radical (unpaired) electrons. The van der Waals surface area contributed by atoms with Crippen LogP contribution in [-0.2, 0) is 0 Å². The maximum Gasteiger partial charge on any atom is 0.0618 e. The normalized spacial score (nSPS) is 11.2. The van der Waals surface area contributed by atoms with Gasteiger partial charge in [0.2, 0.25) is 0 Å². The van der Waals surface area contributed by atoms with Gasteiger partial charge in [-0.05, 0) is 119 Å². The molecule has 0 bridgehead atoms. The molecular weight excluding hydrogens is 831 g/mol. The summed E-state index contributed by atoms with van der Waals surface area (Å²) in [6, 6.07) is 104. The van der Waals surface area contributed by atoms with Crippen molar-refractivity contribution < 1.29 is 0 Å². The van der Waals surface area contributed by atoms with Gasteiger partial charge in [0.15, 0.2) is 0 Å². The summed E-state index contributed by atoms with van der Waals surface area (Å²) in [5.74, 6) is 0. The molecule has 0 fully saturated rings. The molecule has 0 aliphatic carbocycles. The van der Waals surface area contributed by atoms with Gasteiger partial charge in [-0.25, -0.2) is 0 Å². The molecule has 69 heavy (non-hydrogen) atoms. The van der Waals surface area contributed by atoms with Crippen LogP contribution < -0.4 is 4.90 Å². The number of benzene rings is 12. The van der Waals surface area contributed by atoms with Gasteiger partial charge in [0.05, 0.1) is 5.69 Å². The maximum atomic E-state index is 2.45. The van der Waals surface area contributed by atoms with Crippen molar-refractivity contribution in [3.8, 4) is 77.9 Å². The van der Waals surface area contributed by atoms with E-state index < -0.39 is 0 Å². The van der Waals surface area contributed by atoms with Crippen LogP contribution in [-0.4, -0.2) is 0 Å². The smallest absolute Gasteiger partial charge is 0.0618 e. The highest BCUT2D eigenvalue weighted by molar-refractivity contribution is 6.22. The summed E-state index contributed by atoms with van der Waals surface area (Å²) in [5.41, 5.74) is 19.9. The molecule has 12 aromatic rings. The molecular formula is C68H47N. The lowest BCUT2D eigenvalue weighted by Crippen LogP contribution is -2.12. The Labute approximate surface area is 404 Å². The van der Waals surface area contributed by atoms with Crippen molar-refractivity contribution in [2.45, 2.75) is 0 Å². The zero-order valence-electron chi connectivity index (χ0n) is 38.1. The van der Waals surface area contributed by atoms with Crippen molar-refractivity contribution in [3.05, 3.63) is 285 Å². The summed E-state index contributed by atoms with van der Waals surface area (Å²) in [6.07, 6.45) is 0. The minimum absolute atomic E-state index is 1.07. The van der Waals surface area contributed by atoms with Crippen LogP contribution in [0.1, 0.15) is 0 Å². The second kappa shape index (κ2) is 18.3. The molecule has 324 valence electrons. The van der Waals surface area contributed by atoms with Crippen molar-refractivity contribution in [3.63, 3.8) is 0 Å². The van der Waals surface area contributed by atoms with Crippen LogP contribution in [0.2, 0.25) is 0 Å². The highest BCUT2D eigenvalue weighted by atomic mass is 15.1. The molecule has 0 saturated carbocycles. The van der Waals surface area contributed by atoms with Gasteiger partial charge in [-0.15, -0.1) is 0 Å². The molecule has 0 atom stereocenters. The lowest BCUT2D eigenvalue weighted by molar-refractivity contribution is 1.28. The first kappa shape index (κ1) is 41.4. The predicted octanol–water partition coefficient (Wildman–Crippen LogP) is 19.1. The number of rotatable bonds is 10. The zero-order valence-corrected chi connectivity index (χ0v) is 38.1. The van der Waals surface area contributed by atoms with E-state index in [1.54, 1.807) is 0 Å². The molecule has 0 N–H and O–H groups in total. The first-order chi connectivity index (χ1) is 34.2. The lowest BCUT2D eigenvalue weighted by atomic mass is 9.84. The van der Waals surface area contributed by atoms with E-state index >= 15 is 0 Å². The van der Waals surface area contributed by atoms with Gasteiger partial charge in [-0.2, -0.15) is 0 Å². The highest BCUT2D eigenvalue weighted by Gasteiger charge is 2.23. The Morgan fingerprint density at radius 3 is 0.971 bits per heavy atom. The second-order valence-electron chi connectivity index (χ2n) is 17.6. The largest absolute Gasteiger partial charge is 0.309 e. The van der Waals surface area contributed by atoms with Crippen LogP contribution in [0.5, 0.6) is 0 Å². The minimum atomic E-state index is 1.07. The predicted molar refractivity (Wildman–Crippen MR) is 294 cm³/mol. The SMILES string of the molecule is c1ccc(-c2ccc(-c3ccc(N(c4ccc(-c5ccc6c(c5)c(-c5ccccc5)c(-c5ccccc5)c5ccccc56)cc4)c4c(-c5ccccc5)cccc4-c4ccccc4)cc3)cc2)cc1. The summed E-state index contributed by atoms with van der Waals surface area (Å²) >= 11 is 0. The standard InChI is InChI=1S/C68H47N/c1-6-19-48(20-7-1)49-33-35-50(36-34-49)51-37-42-58(43-38-51)69(68-60(53-21-8-2-9-22-53)31-18-32-61(68)54-23-10-3-11-24-54)59-44-39-52(40-45-59)57-41-46-63-62-29-16-17-30-64(62)66(55-25-12-4-13-26-55)67(65(63)47-57)56-27-14-5-15-28-56/h1-47H. The van der Waals surface area contributed by atoms with Gasteiger partial charge in [-0.1, -0.05) is 255 Å². The fraction of sp³-hybridized carbons (Fsp3) is 0. The Balaban J connectivity index is 1.01. The van der Waals surface area contributed by atoms with Crippen LogP contribution in [0, 0.1) is 0 Å². The fourth-order valence-electron chi connectivity index (χ4n) is 10.2. The van der Waals surface area contributed by atoms with Gasteiger partial charge < -0.3 is 4.90 Å². The summed E-state index contributed by atoms with van der Waals surface area (Å²) in [6.45, 7) is 0. The summed E-state index contributed by atoms with van der Waals surface area (Å²) in [4.78, 5) is 2.45. The Hall–Kier alpha value is -9.04. The summed E-state index contributed by atoms with van der Waals surface area (Å²) in [7, 11) is 0. The van der Waals surface area contributed by atoms with Crippen LogP contribution in [0.15, 0.2) is 285 Å². The average molecular weight is 878 g/mol. The lowest BCUT2D eigenvalue weighted by Gasteiger charge is -2.30. The van der Waals surface area contributed by atoms with E-state index in [4.69, 9.17) is 0 Å². The van der Waals surface area contributed by atoms with E-state index in [0.29, 0.717) is 0 Å². The molecule has 12 aromatic carbocycles.